The summed E-state index contributed by atoms with van der Waals surface area (Å²) in [6, 6.07) is 43.9. The molecule has 38 heavy (non-hydrogen) atoms. The van der Waals surface area contributed by atoms with Crippen LogP contribution >= 0.6 is 0 Å². The predicted octanol–water partition coefficient (Wildman–Crippen LogP) is 8.28. The molecule has 0 bridgehead atoms. The fourth-order valence-corrected chi connectivity index (χ4v) is 5.05. The average molecular weight is 489 g/mol. The molecule has 2 heterocycles. The van der Waals surface area contributed by atoms with Gasteiger partial charge < -0.3 is 0 Å². The first-order valence-corrected chi connectivity index (χ1v) is 12.7. The lowest BCUT2D eigenvalue weighted by molar-refractivity contribution is 1.10. The van der Waals surface area contributed by atoms with E-state index >= 15 is 0 Å². The molecule has 0 N–H and O–H groups in total. The van der Waals surface area contributed by atoms with E-state index in [-0.39, 0.29) is 0 Å². The first-order chi connectivity index (χ1) is 18.7. The molecule has 5 aromatic carbocycles. The van der Waals surface area contributed by atoms with Crippen LogP contribution in [0.2, 0.25) is 0 Å². The van der Waals surface area contributed by atoms with Crippen molar-refractivity contribution >= 4 is 22.1 Å². The van der Waals surface area contributed by atoms with Crippen LogP contribution in [0, 0.1) is 6.92 Å². The number of benzene rings is 5. The molecule has 180 valence electrons. The number of rotatable bonds is 4. The zero-order chi connectivity index (χ0) is 25.5. The standard InChI is InChI=1S/C34H24N4/c1-23-33(36-30-12-6-5-11-29(30)35-23)26-19-15-24(16-20-26)25-17-21-27(22-18-25)34-37-31-13-7-8-14-32(31)38(34)28-9-3-2-4-10-28/h2-22H,1H3. The van der Waals surface area contributed by atoms with Crippen LogP contribution < -0.4 is 0 Å². The maximum atomic E-state index is 4.99. The molecule has 0 atom stereocenters. The molecule has 4 heteroatoms. The molecule has 0 saturated heterocycles. The molecule has 0 aliphatic heterocycles. The van der Waals surface area contributed by atoms with E-state index < -0.39 is 0 Å². The molecule has 0 aliphatic rings. The fraction of sp³-hybridized carbons (Fsp3) is 0.0294. The highest BCUT2D eigenvalue weighted by Crippen LogP contribution is 2.31. The van der Waals surface area contributed by atoms with Gasteiger partial charge in [-0.15, -0.1) is 0 Å². The van der Waals surface area contributed by atoms with Gasteiger partial charge in [-0.25, -0.2) is 15.0 Å². The van der Waals surface area contributed by atoms with E-state index in [4.69, 9.17) is 15.0 Å². The number of imidazole rings is 1. The van der Waals surface area contributed by atoms with Gasteiger partial charge in [-0.05, 0) is 54.4 Å². The zero-order valence-electron chi connectivity index (χ0n) is 20.9. The highest BCUT2D eigenvalue weighted by molar-refractivity contribution is 5.84. The Kier molecular flexibility index (Phi) is 5.30. The molecule has 0 aliphatic carbocycles. The van der Waals surface area contributed by atoms with Gasteiger partial charge in [-0.3, -0.25) is 4.57 Å². The third-order valence-electron chi connectivity index (χ3n) is 6.95. The summed E-state index contributed by atoms with van der Waals surface area (Å²) < 4.78 is 2.23. The van der Waals surface area contributed by atoms with Crippen molar-refractivity contribution < 1.29 is 0 Å². The normalized spacial score (nSPS) is 11.3. The summed E-state index contributed by atoms with van der Waals surface area (Å²) in [4.78, 5) is 14.6. The van der Waals surface area contributed by atoms with E-state index in [1.54, 1.807) is 0 Å². The van der Waals surface area contributed by atoms with Gasteiger partial charge in [0.25, 0.3) is 0 Å². The molecule has 2 aromatic heterocycles. The van der Waals surface area contributed by atoms with Crippen molar-refractivity contribution in [3.05, 3.63) is 133 Å². The van der Waals surface area contributed by atoms with E-state index in [1.165, 1.54) is 0 Å². The first kappa shape index (κ1) is 22.1. The van der Waals surface area contributed by atoms with Crippen LogP contribution in [0.25, 0.3) is 61.5 Å². The van der Waals surface area contributed by atoms with Gasteiger partial charge in [-0.1, -0.05) is 91.0 Å². The molecule has 0 amide bonds. The molecule has 0 unspecified atom stereocenters. The van der Waals surface area contributed by atoms with Crippen LogP contribution in [0.1, 0.15) is 5.69 Å². The summed E-state index contributed by atoms with van der Waals surface area (Å²) >= 11 is 0. The van der Waals surface area contributed by atoms with Crippen molar-refractivity contribution in [3.8, 4) is 39.5 Å². The molecular weight excluding hydrogens is 464 g/mol. The average Bonchev–Trinajstić information content (AvgIpc) is 3.37. The summed E-state index contributed by atoms with van der Waals surface area (Å²) in [6.07, 6.45) is 0. The Bertz CT molecular complexity index is 1900. The number of nitrogens with zero attached hydrogens (tertiary/aromatic N) is 4. The Balaban J connectivity index is 1.23. The quantitative estimate of drug-likeness (QED) is 0.250. The number of hydrogen-bond acceptors (Lipinski definition) is 3. The number of fused-ring (bicyclic) bond motifs is 2. The lowest BCUT2D eigenvalue weighted by atomic mass is 10.0. The number of aryl methyl sites for hydroxylation is 1. The van der Waals surface area contributed by atoms with Crippen LogP contribution in [0.4, 0.5) is 0 Å². The van der Waals surface area contributed by atoms with Crippen molar-refractivity contribution in [1.82, 2.24) is 19.5 Å². The third-order valence-corrected chi connectivity index (χ3v) is 6.95. The van der Waals surface area contributed by atoms with E-state index in [0.717, 1.165) is 67.2 Å². The molecule has 7 rings (SSSR count). The van der Waals surface area contributed by atoms with E-state index in [0.29, 0.717) is 0 Å². The summed E-state index contributed by atoms with van der Waals surface area (Å²) in [5.41, 5.74) is 11.3. The van der Waals surface area contributed by atoms with Crippen LogP contribution in [-0.2, 0) is 0 Å². The van der Waals surface area contributed by atoms with Gasteiger partial charge in [0.2, 0.25) is 0 Å². The van der Waals surface area contributed by atoms with Crippen molar-refractivity contribution in [2.24, 2.45) is 0 Å². The van der Waals surface area contributed by atoms with Crippen molar-refractivity contribution in [1.29, 1.82) is 0 Å². The van der Waals surface area contributed by atoms with Crippen molar-refractivity contribution in [2.75, 3.05) is 0 Å². The lowest BCUT2D eigenvalue weighted by Gasteiger charge is -2.11. The topological polar surface area (TPSA) is 43.6 Å². The zero-order valence-corrected chi connectivity index (χ0v) is 20.9. The number of para-hydroxylation sites is 5. The number of aromatic nitrogens is 4. The van der Waals surface area contributed by atoms with Gasteiger partial charge in [0.05, 0.1) is 33.5 Å². The lowest BCUT2D eigenvalue weighted by Crippen LogP contribution is -1.97. The Morgan fingerprint density at radius 1 is 0.447 bits per heavy atom. The molecular formula is C34H24N4. The minimum Gasteiger partial charge on any atom is -0.292 e. The van der Waals surface area contributed by atoms with Crippen molar-refractivity contribution in [3.63, 3.8) is 0 Å². The molecule has 0 spiro atoms. The summed E-state index contributed by atoms with van der Waals surface area (Å²) in [5, 5.41) is 0. The van der Waals surface area contributed by atoms with Gasteiger partial charge in [-0.2, -0.15) is 0 Å². The van der Waals surface area contributed by atoms with E-state index in [9.17, 15) is 0 Å². The SMILES string of the molecule is Cc1nc2ccccc2nc1-c1ccc(-c2ccc(-c3nc4ccccc4n3-c3ccccc3)cc2)cc1. The third kappa shape index (κ3) is 3.84. The number of hydrogen-bond donors (Lipinski definition) is 0. The second kappa shape index (κ2) is 9.09. The Morgan fingerprint density at radius 2 is 0.974 bits per heavy atom. The van der Waals surface area contributed by atoms with Gasteiger partial charge in [0.1, 0.15) is 5.82 Å². The monoisotopic (exact) mass is 488 g/mol. The Hall–Kier alpha value is -5.09. The largest absolute Gasteiger partial charge is 0.292 e. The Morgan fingerprint density at radius 3 is 1.66 bits per heavy atom. The highest BCUT2D eigenvalue weighted by atomic mass is 15.1. The predicted molar refractivity (Wildman–Crippen MR) is 155 cm³/mol. The summed E-state index contributed by atoms with van der Waals surface area (Å²) in [6.45, 7) is 2.02. The smallest absolute Gasteiger partial charge is 0.145 e. The fourth-order valence-electron chi connectivity index (χ4n) is 5.05. The molecule has 0 radical (unpaired) electrons. The van der Waals surface area contributed by atoms with Crippen molar-refractivity contribution in [2.45, 2.75) is 6.92 Å². The van der Waals surface area contributed by atoms with Crippen LogP contribution in [-0.4, -0.2) is 19.5 Å². The van der Waals surface area contributed by atoms with Crippen LogP contribution in [0.15, 0.2) is 127 Å². The highest BCUT2D eigenvalue weighted by Gasteiger charge is 2.14. The molecule has 7 aromatic rings. The maximum Gasteiger partial charge on any atom is 0.145 e. The second-order valence-electron chi connectivity index (χ2n) is 9.40. The Labute approximate surface area is 220 Å². The second-order valence-corrected chi connectivity index (χ2v) is 9.40. The molecule has 0 saturated carbocycles. The van der Waals surface area contributed by atoms with Crippen LogP contribution in [0.3, 0.4) is 0 Å². The van der Waals surface area contributed by atoms with E-state index in [1.807, 2.05) is 43.3 Å². The molecule has 4 nitrogen and oxygen atoms in total. The summed E-state index contributed by atoms with van der Waals surface area (Å²) in [5.74, 6) is 0.935. The summed E-state index contributed by atoms with van der Waals surface area (Å²) in [7, 11) is 0. The minimum absolute atomic E-state index is 0.911. The van der Waals surface area contributed by atoms with Crippen LogP contribution in [0.5, 0.6) is 0 Å². The van der Waals surface area contributed by atoms with Gasteiger partial charge in [0.15, 0.2) is 0 Å². The maximum absolute atomic E-state index is 4.99. The minimum atomic E-state index is 0.911. The van der Waals surface area contributed by atoms with Gasteiger partial charge >= 0.3 is 0 Å². The first-order valence-electron chi connectivity index (χ1n) is 12.7. The van der Waals surface area contributed by atoms with E-state index in [2.05, 4.69) is 95.6 Å². The molecule has 0 fully saturated rings. The van der Waals surface area contributed by atoms with Gasteiger partial charge in [0, 0.05) is 16.8 Å².